The second kappa shape index (κ2) is 7.72. The summed E-state index contributed by atoms with van der Waals surface area (Å²) in [5.74, 6) is -1.37. The Kier molecular flexibility index (Phi) is 6.26. The highest BCUT2D eigenvalue weighted by Crippen LogP contribution is 2.07. The van der Waals surface area contributed by atoms with Crippen LogP contribution in [0.4, 0.5) is 4.79 Å². The van der Waals surface area contributed by atoms with E-state index in [0.717, 1.165) is 3.57 Å². The Morgan fingerprint density at radius 3 is 2.37 bits per heavy atom. The molecule has 0 saturated carbocycles. The second-order valence-corrected chi connectivity index (χ2v) is 4.60. The molecular weight excluding hydrogens is 365 g/mol. The summed E-state index contributed by atoms with van der Waals surface area (Å²) in [4.78, 5) is 33.7. The van der Waals surface area contributed by atoms with Crippen LogP contribution in [-0.4, -0.2) is 31.2 Å². The third-order valence-electron chi connectivity index (χ3n) is 1.93. The lowest BCUT2D eigenvalue weighted by Crippen LogP contribution is -2.34. The van der Waals surface area contributed by atoms with Crippen molar-refractivity contribution < 1.29 is 23.9 Å². The zero-order valence-corrected chi connectivity index (χ0v) is 12.3. The molecule has 1 rings (SSSR count). The number of halogens is 1. The number of carbonyl (C=O) groups is 3. The first-order chi connectivity index (χ1) is 9.02. The van der Waals surface area contributed by atoms with Gasteiger partial charge in [-0.05, 0) is 53.8 Å². The summed E-state index contributed by atoms with van der Waals surface area (Å²) in [7, 11) is 0. The highest BCUT2D eigenvalue weighted by molar-refractivity contribution is 14.1. The van der Waals surface area contributed by atoms with Crippen molar-refractivity contribution in [3.63, 3.8) is 0 Å². The van der Waals surface area contributed by atoms with Crippen LogP contribution in [0, 0.1) is 3.57 Å². The van der Waals surface area contributed by atoms with Crippen molar-refractivity contribution in [3.8, 4) is 0 Å². The van der Waals surface area contributed by atoms with Crippen LogP contribution < -0.4 is 5.32 Å². The Morgan fingerprint density at radius 2 is 1.79 bits per heavy atom. The van der Waals surface area contributed by atoms with Gasteiger partial charge in [-0.15, -0.1) is 0 Å². The molecule has 0 aliphatic carbocycles. The SMILES string of the molecule is CCOC(=O)NC(=O)COC(=O)c1ccc(I)cc1. The summed E-state index contributed by atoms with van der Waals surface area (Å²) in [6.45, 7) is 1.23. The maximum absolute atomic E-state index is 11.6. The number of hydrogen-bond acceptors (Lipinski definition) is 5. The van der Waals surface area contributed by atoms with E-state index in [4.69, 9.17) is 4.74 Å². The van der Waals surface area contributed by atoms with Gasteiger partial charge in [0, 0.05) is 3.57 Å². The topological polar surface area (TPSA) is 81.7 Å². The van der Waals surface area contributed by atoms with Crippen molar-refractivity contribution >= 4 is 40.6 Å². The molecule has 0 aliphatic rings. The fourth-order valence-electron chi connectivity index (χ4n) is 1.12. The van der Waals surface area contributed by atoms with Crippen molar-refractivity contribution in [2.75, 3.05) is 13.2 Å². The van der Waals surface area contributed by atoms with Crippen LogP contribution in [0.3, 0.4) is 0 Å². The van der Waals surface area contributed by atoms with Crippen LogP contribution >= 0.6 is 22.6 Å². The number of amides is 2. The predicted molar refractivity (Wildman–Crippen MR) is 74.6 cm³/mol. The first-order valence-corrected chi connectivity index (χ1v) is 6.50. The summed E-state index contributed by atoms with van der Waals surface area (Å²) in [6, 6.07) is 6.67. The molecule has 1 aromatic rings. The Labute approximate surface area is 123 Å². The van der Waals surface area contributed by atoms with E-state index in [0.29, 0.717) is 5.56 Å². The van der Waals surface area contributed by atoms with Gasteiger partial charge in [0.1, 0.15) is 0 Å². The summed E-state index contributed by atoms with van der Waals surface area (Å²) in [5, 5.41) is 1.92. The molecule has 0 bridgehead atoms. The molecular formula is C12H12INO5. The lowest BCUT2D eigenvalue weighted by atomic mass is 10.2. The van der Waals surface area contributed by atoms with E-state index in [1.54, 1.807) is 31.2 Å². The maximum Gasteiger partial charge on any atom is 0.413 e. The molecule has 0 fully saturated rings. The smallest absolute Gasteiger partial charge is 0.413 e. The van der Waals surface area contributed by atoms with E-state index in [1.807, 2.05) is 5.32 Å². The van der Waals surface area contributed by atoms with Gasteiger partial charge in [0.25, 0.3) is 5.91 Å². The molecule has 0 radical (unpaired) electrons. The Morgan fingerprint density at radius 1 is 1.16 bits per heavy atom. The number of imide groups is 1. The number of benzene rings is 1. The molecule has 0 saturated heterocycles. The molecule has 0 spiro atoms. The summed E-state index contributed by atoms with van der Waals surface area (Å²) in [6.07, 6.45) is -0.863. The monoisotopic (exact) mass is 377 g/mol. The summed E-state index contributed by atoms with van der Waals surface area (Å²) >= 11 is 2.11. The van der Waals surface area contributed by atoms with Crippen molar-refractivity contribution in [1.82, 2.24) is 5.32 Å². The van der Waals surface area contributed by atoms with Crippen LogP contribution in [0.2, 0.25) is 0 Å². The molecule has 1 aromatic carbocycles. The summed E-state index contributed by atoms with van der Waals surface area (Å²) in [5.41, 5.74) is 0.337. The highest BCUT2D eigenvalue weighted by atomic mass is 127. The first kappa shape index (κ1) is 15.4. The predicted octanol–water partition coefficient (Wildman–Crippen LogP) is 1.72. The fourth-order valence-corrected chi connectivity index (χ4v) is 1.48. The summed E-state index contributed by atoms with van der Waals surface area (Å²) < 4.78 is 10.2. The van der Waals surface area contributed by atoms with Gasteiger partial charge in [0.2, 0.25) is 0 Å². The van der Waals surface area contributed by atoms with Crippen LogP contribution in [0.1, 0.15) is 17.3 Å². The van der Waals surface area contributed by atoms with Crippen molar-refractivity contribution in [2.45, 2.75) is 6.92 Å². The normalized spacial score (nSPS) is 9.58. The average molecular weight is 377 g/mol. The van der Waals surface area contributed by atoms with Gasteiger partial charge in [-0.1, -0.05) is 0 Å². The number of carbonyl (C=O) groups excluding carboxylic acids is 3. The molecule has 102 valence electrons. The molecule has 2 amide bonds. The quantitative estimate of drug-likeness (QED) is 0.639. The Balaban J connectivity index is 2.40. The van der Waals surface area contributed by atoms with Crippen LogP contribution in [-0.2, 0) is 14.3 Å². The maximum atomic E-state index is 11.6. The van der Waals surface area contributed by atoms with Crippen molar-refractivity contribution in [1.29, 1.82) is 0 Å². The van der Waals surface area contributed by atoms with E-state index in [-0.39, 0.29) is 6.61 Å². The number of alkyl carbamates (subject to hydrolysis) is 1. The number of rotatable bonds is 4. The zero-order chi connectivity index (χ0) is 14.3. The molecule has 1 N–H and O–H groups in total. The van der Waals surface area contributed by atoms with E-state index < -0.39 is 24.6 Å². The standard InChI is InChI=1S/C12H12INO5/c1-2-18-12(17)14-10(15)7-19-11(16)8-3-5-9(13)6-4-8/h3-6H,2,7H2,1H3,(H,14,15,17). The van der Waals surface area contributed by atoms with Gasteiger partial charge < -0.3 is 9.47 Å². The Hall–Kier alpha value is -1.64. The first-order valence-electron chi connectivity index (χ1n) is 5.42. The van der Waals surface area contributed by atoms with Gasteiger partial charge in [0.15, 0.2) is 6.61 Å². The number of esters is 1. The molecule has 0 unspecified atom stereocenters. The number of nitrogens with one attached hydrogen (secondary N) is 1. The average Bonchev–Trinajstić information content (AvgIpc) is 2.37. The van der Waals surface area contributed by atoms with Crippen LogP contribution in [0.25, 0.3) is 0 Å². The van der Waals surface area contributed by atoms with Crippen LogP contribution in [0.5, 0.6) is 0 Å². The molecule has 19 heavy (non-hydrogen) atoms. The lowest BCUT2D eigenvalue weighted by molar-refractivity contribution is -0.123. The molecule has 6 nitrogen and oxygen atoms in total. The van der Waals surface area contributed by atoms with E-state index in [2.05, 4.69) is 27.3 Å². The van der Waals surface area contributed by atoms with Crippen molar-refractivity contribution in [2.24, 2.45) is 0 Å². The van der Waals surface area contributed by atoms with Gasteiger partial charge in [-0.3, -0.25) is 10.1 Å². The second-order valence-electron chi connectivity index (χ2n) is 3.35. The minimum Gasteiger partial charge on any atom is -0.452 e. The minimum atomic E-state index is -0.863. The zero-order valence-electron chi connectivity index (χ0n) is 10.1. The van der Waals surface area contributed by atoms with E-state index in [1.165, 1.54) is 0 Å². The highest BCUT2D eigenvalue weighted by Gasteiger charge is 2.12. The third-order valence-corrected chi connectivity index (χ3v) is 2.65. The number of ether oxygens (including phenoxy) is 2. The van der Waals surface area contributed by atoms with Gasteiger partial charge in [-0.25, -0.2) is 9.59 Å². The molecule has 0 aliphatic heterocycles. The molecule has 0 heterocycles. The lowest BCUT2D eigenvalue weighted by Gasteiger charge is -2.05. The van der Waals surface area contributed by atoms with Gasteiger partial charge in [-0.2, -0.15) is 0 Å². The largest absolute Gasteiger partial charge is 0.452 e. The van der Waals surface area contributed by atoms with E-state index in [9.17, 15) is 14.4 Å². The molecule has 7 heteroatoms. The number of hydrogen-bond donors (Lipinski definition) is 1. The van der Waals surface area contributed by atoms with E-state index >= 15 is 0 Å². The minimum absolute atomic E-state index is 0.154. The molecule has 0 aromatic heterocycles. The third kappa shape index (κ3) is 5.69. The van der Waals surface area contributed by atoms with Gasteiger partial charge >= 0.3 is 12.1 Å². The molecule has 0 atom stereocenters. The van der Waals surface area contributed by atoms with Gasteiger partial charge in [0.05, 0.1) is 12.2 Å². The fraction of sp³-hybridized carbons (Fsp3) is 0.250. The Bertz CT molecular complexity index is 472. The van der Waals surface area contributed by atoms with Crippen LogP contribution in [0.15, 0.2) is 24.3 Å². The van der Waals surface area contributed by atoms with Crippen molar-refractivity contribution in [3.05, 3.63) is 33.4 Å².